The summed E-state index contributed by atoms with van der Waals surface area (Å²) < 4.78 is 11.3. The van der Waals surface area contributed by atoms with E-state index in [1.54, 1.807) is 42.5 Å². The van der Waals surface area contributed by atoms with Gasteiger partial charge in [0.25, 0.3) is 0 Å². The quantitative estimate of drug-likeness (QED) is 0.713. The van der Waals surface area contributed by atoms with Crippen molar-refractivity contribution in [3.63, 3.8) is 0 Å². The van der Waals surface area contributed by atoms with Crippen molar-refractivity contribution in [2.45, 2.75) is 13.0 Å². The third kappa shape index (κ3) is 3.45. The van der Waals surface area contributed by atoms with Gasteiger partial charge in [0.15, 0.2) is 5.58 Å². The number of oxazole rings is 1. The van der Waals surface area contributed by atoms with Gasteiger partial charge in [0, 0.05) is 0 Å². The average Bonchev–Trinajstić information content (AvgIpc) is 2.89. The number of ether oxygens (including phenoxy) is 1. The molecule has 25 heavy (non-hydrogen) atoms. The molecule has 0 fully saturated rings. The molecule has 1 N–H and O–H groups in total. The van der Waals surface area contributed by atoms with E-state index >= 15 is 0 Å². The normalized spacial score (nSPS) is 10.8. The van der Waals surface area contributed by atoms with E-state index in [0.717, 1.165) is 5.56 Å². The smallest absolute Gasteiger partial charge is 0.420 e. The van der Waals surface area contributed by atoms with Gasteiger partial charge in [-0.3, -0.25) is 9.36 Å². The van der Waals surface area contributed by atoms with E-state index in [1.807, 2.05) is 0 Å². The van der Waals surface area contributed by atoms with Crippen molar-refractivity contribution < 1.29 is 23.8 Å². The highest BCUT2D eigenvalue weighted by Gasteiger charge is 2.13. The molecule has 0 aliphatic carbocycles. The number of carboxylic acid groups (broad SMARTS) is 1. The first-order valence-corrected chi connectivity index (χ1v) is 7.49. The Morgan fingerprint density at radius 2 is 1.96 bits per heavy atom. The number of carboxylic acids is 1. The number of methoxy groups -OCH3 is 1. The van der Waals surface area contributed by atoms with Crippen molar-refractivity contribution in [1.82, 2.24) is 4.57 Å². The van der Waals surface area contributed by atoms with Crippen LogP contribution in [-0.4, -0.2) is 28.7 Å². The molecule has 0 aliphatic heterocycles. The van der Waals surface area contributed by atoms with Gasteiger partial charge in [-0.2, -0.15) is 0 Å². The van der Waals surface area contributed by atoms with Crippen molar-refractivity contribution >= 4 is 23.0 Å². The second-order valence-electron chi connectivity index (χ2n) is 5.52. The number of benzene rings is 2. The van der Waals surface area contributed by atoms with Gasteiger partial charge in [0.05, 0.1) is 31.2 Å². The fourth-order valence-electron chi connectivity index (χ4n) is 2.64. The van der Waals surface area contributed by atoms with Crippen LogP contribution in [0.15, 0.2) is 51.7 Å². The molecule has 7 nitrogen and oxygen atoms in total. The second kappa shape index (κ2) is 6.64. The monoisotopic (exact) mass is 341 g/mol. The fourth-order valence-corrected chi connectivity index (χ4v) is 2.64. The summed E-state index contributed by atoms with van der Waals surface area (Å²) in [5, 5.41) is 8.92. The zero-order valence-corrected chi connectivity index (χ0v) is 13.4. The van der Waals surface area contributed by atoms with Crippen LogP contribution >= 0.6 is 0 Å². The predicted molar refractivity (Wildman–Crippen MR) is 88.7 cm³/mol. The van der Waals surface area contributed by atoms with Gasteiger partial charge in [-0.05, 0) is 35.4 Å². The molecule has 0 aliphatic rings. The zero-order chi connectivity index (χ0) is 18.0. The largest absolute Gasteiger partial charge is 0.481 e. The number of aromatic nitrogens is 1. The van der Waals surface area contributed by atoms with Crippen LogP contribution in [0.4, 0.5) is 0 Å². The zero-order valence-electron chi connectivity index (χ0n) is 13.4. The maximum absolute atomic E-state index is 12.1. The molecular formula is C18H15NO6. The van der Waals surface area contributed by atoms with E-state index in [4.69, 9.17) is 14.3 Å². The van der Waals surface area contributed by atoms with E-state index in [0.29, 0.717) is 22.2 Å². The lowest BCUT2D eigenvalue weighted by atomic mass is 10.1. The highest BCUT2D eigenvalue weighted by Crippen LogP contribution is 2.17. The van der Waals surface area contributed by atoms with E-state index < -0.39 is 17.7 Å². The van der Waals surface area contributed by atoms with E-state index in [2.05, 4.69) is 0 Å². The first kappa shape index (κ1) is 16.5. The molecule has 1 aromatic heterocycles. The van der Waals surface area contributed by atoms with Gasteiger partial charge in [0.1, 0.15) is 0 Å². The maximum Gasteiger partial charge on any atom is 0.420 e. The third-order valence-electron chi connectivity index (χ3n) is 3.78. The van der Waals surface area contributed by atoms with Crippen molar-refractivity contribution in [1.29, 1.82) is 0 Å². The Morgan fingerprint density at radius 3 is 2.68 bits per heavy atom. The highest BCUT2D eigenvalue weighted by atomic mass is 16.5. The standard InChI is InChI=1S/C18H15NO6/c1-24-17(22)13-4-2-3-12(7-13)10-19-14-8-11(9-16(20)21)5-6-15(14)25-18(19)23/h2-8H,9-10H2,1H3,(H,20,21). The number of rotatable bonds is 5. The minimum atomic E-state index is -0.956. The molecule has 0 atom stereocenters. The molecule has 0 saturated carbocycles. The lowest BCUT2D eigenvalue weighted by Crippen LogP contribution is -2.15. The molecule has 0 radical (unpaired) electrons. The van der Waals surface area contributed by atoms with E-state index in [9.17, 15) is 14.4 Å². The Morgan fingerprint density at radius 1 is 1.16 bits per heavy atom. The molecule has 0 spiro atoms. The summed E-state index contributed by atoms with van der Waals surface area (Å²) in [5.74, 6) is -1.97. The number of esters is 1. The molecule has 0 unspecified atom stereocenters. The topological polar surface area (TPSA) is 98.7 Å². The number of hydrogen-bond acceptors (Lipinski definition) is 5. The van der Waals surface area contributed by atoms with Crippen LogP contribution in [0, 0.1) is 0 Å². The Labute approximate surface area is 142 Å². The molecule has 0 bridgehead atoms. The molecule has 1 heterocycles. The summed E-state index contributed by atoms with van der Waals surface area (Å²) in [7, 11) is 1.30. The predicted octanol–water partition coefficient (Wildman–Crippen LogP) is 2.06. The van der Waals surface area contributed by atoms with E-state index in [-0.39, 0.29) is 13.0 Å². The van der Waals surface area contributed by atoms with E-state index in [1.165, 1.54) is 11.7 Å². The number of carbonyl (C=O) groups is 2. The molecule has 3 rings (SSSR count). The summed E-state index contributed by atoms with van der Waals surface area (Å²) in [5.41, 5.74) is 2.55. The lowest BCUT2D eigenvalue weighted by molar-refractivity contribution is -0.136. The van der Waals surface area contributed by atoms with Crippen molar-refractivity contribution in [2.75, 3.05) is 7.11 Å². The highest BCUT2D eigenvalue weighted by molar-refractivity contribution is 5.89. The SMILES string of the molecule is COC(=O)c1cccc(Cn2c(=O)oc3ccc(CC(=O)O)cc32)c1. The average molecular weight is 341 g/mol. The summed E-state index contributed by atoms with van der Waals surface area (Å²) >= 11 is 0. The van der Waals surface area contributed by atoms with Gasteiger partial charge < -0.3 is 14.3 Å². The van der Waals surface area contributed by atoms with Crippen molar-refractivity contribution in [2.24, 2.45) is 0 Å². The van der Waals surface area contributed by atoms with Crippen LogP contribution in [0.1, 0.15) is 21.5 Å². The summed E-state index contributed by atoms with van der Waals surface area (Å²) in [6, 6.07) is 11.6. The Balaban J connectivity index is 2.01. The lowest BCUT2D eigenvalue weighted by Gasteiger charge is -2.06. The summed E-state index contributed by atoms with van der Waals surface area (Å²) in [6.45, 7) is 0.188. The van der Waals surface area contributed by atoms with Gasteiger partial charge in [0.2, 0.25) is 0 Å². The number of carbonyl (C=O) groups excluding carboxylic acids is 1. The Kier molecular flexibility index (Phi) is 4.38. The van der Waals surface area contributed by atoms with Crippen LogP contribution in [0.2, 0.25) is 0 Å². The summed E-state index contributed by atoms with van der Waals surface area (Å²) in [6.07, 6.45) is -0.146. The van der Waals surface area contributed by atoms with Crippen LogP contribution < -0.4 is 5.76 Å². The Bertz CT molecular complexity index is 1010. The van der Waals surface area contributed by atoms with Gasteiger partial charge >= 0.3 is 17.7 Å². The molecule has 7 heteroatoms. The first-order chi connectivity index (χ1) is 12.0. The number of hydrogen-bond donors (Lipinski definition) is 1. The Hall–Kier alpha value is -3.35. The minimum Gasteiger partial charge on any atom is -0.481 e. The van der Waals surface area contributed by atoms with Crippen molar-refractivity contribution in [3.05, 3.63) is 69.7 Å². The van der Waals surface area contributed by atoms with Crippen LogP contribution in [0.3, 0.4) is 0 Å². The number of nitrogens with zero attached hydrogens (tertiary/aromatic N) is 1. The molecule has 0 saturated heterocycles. The van der Waals surface area contributed by atoms with Crippen LogP contribution in [0.25, 0.3) is 11.1 Å². The van der Waals surface area contributed by atoms with Gasteiger partial charge in [-0.15, -0.1) is 0 Å². The van der Waals surface area contributed by atoms with Gasteiger partial charge in [-0.1, -0.05) is 18.2 Å². The third-order valence-corrected chi connectivity index (χ3v) is 3.78. The van der Waals surface area contributed by atoms with Crippen molar-refractivity contribution in [3.8, 4) is 0 Å². The second-order valence-corrected chi connectivity index (χ2v) is 5.52. The molecule has 2 aromatic carbocycles. The molecule has 128 valence electrons. The molecular weight excluding hydrogens is 326 g/mol. The summed E-state index contributed by atoms with van der Waals surface area (Å²) in [4.78, 5) is 34.6. The minimum absolute atomic E-state index is 0.146. The maximum atomic E-state index is 12.1. The van der Waals surface area contributed by atoms with Crippen LogP contribution in [0.5, 0.6) is 0 Å². The van der Waals surface area contributed by atoms with Crippen LogP contribution in [-0.2, 0) is 22.5 Å². The first-order valence-electron chi connectivity index (χ1n) is 7.49. The fraction of sp³-hybridized carbons (Fsp3) is 0.167. The van der Waals surface area contributed by atoms with Gasteiger partial charge in [-0.25, -0.2) is 9.59 Å². The number of fused-ring (bicyclic) bond motifs is 1. The molecule has 0 amide bonds. The molecule has 3 aromatic rings. The number of aliphatic carboxylic acids is 1.